The van der Waals surface area contributed by atoms with Gasteiger partial charge in [-0.3, -0.25) is 9.97 Å². The maximum atomic E-state index is 8.81. The molecule has 2 aromatic heterocycles. The van der Waals surface area contributed by atoms with E-state index in [1.807, 2.05) is 39.1 Å². The quantitative estimate of drug-likeness (QED) is 0.374. The van der Waals surface area contributed by atoms with E-state index in [2.05, 4.69) is 50.2 Å². The molecule has 0 fully saturated rings. The van der Waals surface area contributed by atoms with E-state index in [1.54, 1.807) is 0 Å². The van der Waals surface area contributed by atoms with Crippen LogP contribution in [-0.4, -0.2) is 9.97 Å². The molecule has 2 heterocycles. The summed E-state index contributed by atoms with van der Waals surface area (Å²) >= 11 is 0. The zero-order valence-electron chi connectivity index (χ0n) is 19.1. The highest BCUT2D eigenvalue weighted by Crippen LogP contribution is 2.48. The molecule has 2 nitrogen and oxygen atoms in total. The Bertz CT molecular complexity index is 1330. The number of nitrogens with zero attached hydrogens (tertiary/aromatic N) is 2. The number of rotatable bonds is 1. The normalized spacial score (nSPS) is 16.6. The molecule has 4 aromatic rings. The number of aromatic nitrogens is 2. The first kappa shape index (κ1) is 15.2. The summed E-state index contributed by atoms with van der Waals surface area (Å²) in [7, 11) is 0. The van der Waals surface area contributed by atoms with Crippen LogP contribution in [0.1, 0.15) is 54.3 Å². The molecule has 0 amide bonds. The molecule has 0 aliphatic heterocycles. The monoisotopic (exact) mass is 368 g/mol. The first-order valence-electron chi connectivity index (χ1n) is 10.9. The molecule has 1 aliphatic carbocycles. The predicted molar refractivity (Wildman–Crippen MR) is 118 cm³/mol. The number of hydrogen-bond donors (Lipinski definition) is 0. The van der Waals surface area contributed by atoms with Gasteiger partial charge in [0.15, 0.2) is 0 Å². The summed E-state index contributed by atoms with van der Waals surface area (Å²) in [5.74, 6) is 0. The molecule has 0 radical (unpaired) electrons. The molecule has 2 aromatic carbocycles. The maximum absolute atomic E-state index is 8.81. The van der Waals surface area contributed by atoms with Crippen molar-refractivity contribution in [2.24, 2.45) is 5.41 Å². The van der Waals surface area contributed by atoms with Crippen LogP contribution < -0.4 is 0 Å². The Hall–Kier alpha value is -2.74. The minimum Gasteiger partial charge on any atom is -0.256 e. The van der Waals surface area contributed by atoms with Gasteiger partial charge in [0.1, 0.15) is 0 Å². The Labute approximate surface area is 169 Å². The smallest absolute Gasteiger partial charge is 0.0802 e. The Morgan fingerprint density at radius 1 is 0.964 bits per heavy atom. The Morgan fingerprint density at radius 2 is 1.68 bits per heavy atom. The Balaban J connectivity index is 1.90. The third-order valence-corrected chi connectivity index (χ3v) is 5.65. The SMILES string of the molecule is [2H]C([2H])(c1cc2ccnc3c2c(n1)C(C)(C)c1cc2ccccc2cc1-3)C(C)(C)C. The van der Waals surface area contributed by atoms with E-state index in [0.29, 0.717) is 5.69 Å². The van der Waals surface area contributed by atoms with Crippen LogP contribution in [0.25, 0.3) is 32.8 Å². The van der Waals surface area contributed by atoms with Crippen molar-refractivity contribution in [1.29, 1.82) is 0 Å². The van der Waals surface area contributed by atoms with Gasteiger partial charge in [0.2, 0.25) is 0 Å². The van der Waals surface area contributed by atoms with Crippen LogP contribution in [0.4, 0.5) is 0 Å². The summed E-state index contributed by atoms with van der Waals surface area (Å²) in [6.07, 6.45) is 0.274. The van der Waals surface area contributed by atoms with Crippen molar-refractivity contribution in [3.8, 4) is 11.3 Å². The zero-order valence-corrected chi connectivity index (χ0v) is 17.1. The molecular formula is C26H26N2. The number of fused-ring (bicyclic) bond motifs is 3. The summed E-state index contributed by atoms with van der Waals surface area (Å²) in [5.41, 5.74) is 3.75. The van der Waals surface area contributed by atoms with E-state index in [1.165, 1.54) is 16.3 Å². The maximum Gasteiger partial charge on any atom is 0.0802 e. The summed E-state index contributed by atoms with van der Waals surface area (Å²) in [6.45, 7) is 10.2. The molecule has 0 spiro atoms. The first-order chi connectivity index (χ1) is 14.0. The predicted octanol–water partition coefficient (Wildman–Crippen LogP) is 6.68. The lowest BCUT2D eigenvalue weighted by atomic mass is 9.71. The van der Waals surface area contributed by atoms with Crippen LogP contribution in [0.2, 0.25) is 0 Å². The van der Waals surface area contributed by atoms with Crippen molar-refractivity contribution < 1.29 is 2.74 Å². The highest BCUT2D eigenvalue weighted by molar-refractivity contribution is 6.03. The van der Waals surface area contributed by atoms with Crippen molar-refractivity contribution in [2.45, 2.75) is 46.4 Å². The van der Waals surface area contributed by atoms with Crippen LogP contribution in [-0.2, 0) is 11.8 Å². The average Bonchev–Trinajstić information content (AvgIpc) is 2.69. The Morgan fingerprint density at radius 3 is 2.39 bits per heavy atom. The van der Waals surface area contributed by atoms with E-state index >= 15 is 0 Å². The molecule has 0 atom stereocenters. The fraction of sp³-hybridized carbons (Fsp3) is 0.308. The van der Waals surface area contributed by atoms with Gasteiger partial charge in [0.05, 0.1) is 11.4 Å². The third-order valence-electron chi connectivity index (χ3n) is 5.65. The van der Waals surface area contributed by atoms with Gasteiger partial charge in [-0.2, -0.15) is 0 Å². The van der Waals surface area contributed by atoms with Crippen LogP contribution in [0.3, 0.4) is 0 Å². The van der Waals surface area contributed by atoms with E-state index in [-0.39, 0.29) is 5.41 Å². The highest BCUT2D eigenvalue weighted by Gasteiger charge is 2.36. The lowest BCUT2D eigenvalue weighted by Crippen LogP contribution is -2.26. The standard InChI is InChI=1S/C26H26N2/c1-25(2,3)15-19-12-18-10-11-27-23-20-13-16-8-6-7-9-17(16)14-21(20)26(4,5)24(28-19)22(18)23/h6-14H,15H2,1-5H3/i15D2. The number of benzene rings is 2. The van der Waals surface area contributed by atoms with E-state index in [4.69, 9.17) is 12.7 Å². The second-order valence-corrected chi connectivity index (χ2v) is 9.36. The third kappa shape index (κ3) is 2.55. The van der Waals surface area contributed by atoms with Gasteiger partial charge in [-0.05, 0) is 57.8 Å². The molecule has 1 aliphatic rings. The number of hydrogen-bond acceptors (Lipinski definition) is 2. The van der Waals surface area contributed by atoms with Crippen LogP contribution in [0.5, 0.6) is 0 Å². The van der Waals surface area contributed by atoms with Crippen molar-refractivity contribution in [3.05, 3.63) is 71.7 Å². The van der Waals surface area contributed by atoms with Gasteiger partial charge in [-0.25, -0.2) is 0 Å². The zero-order chi connectivity index (χ0) is 21.5. The Kier molecular flexibility index (Phi) is 3.06. The minimum absolute atomic E-state index is 0.363. The van der Waals surface area contributed by atoms with E-state index in [0.717, 1.165) is 27.7 Å². The molecule has 0 bridgehead atoms. The molecular weight excluding hydrogens is 340 g/mol. The van der Waals surface area contributed by atoms with Crippen LogP contribution >= 0.6 is 0 Å². The molecule has 0 saturated heterocycles. The minimum atomic E-state index is -1.55. The largest absolute Gasteiger partial charge is 0.256 e. The highest BCUT2D eigenvalue weighted by atomic mass is 14.8. The molecule has 0 saturated carbocycles. The van der Waals surface area contributed by atoms with Crippen molar-refractivity contribution >= 4 is 21.5 Å². The lowest BCUT2D eigenvalue weighted by Gasteiger charge is -2.34. The topological polar surface area (TPSA) is 25.8 Å². The molecule has 5 rings (SSSR count). The van der Waals surface area contributed by atoms with E-state index < -0.39 is 11.8 Å². The molecule has 140 valence electrons. The van der Waals surface area contributed by atoms with Crippen molar-refractivity contribution in [2.75, 3.05) is 0 Å². The fourth-order valence-electron chi connectivity index (χ4n) is 4.39. The number of pyridine rings is 2. The first-order valence-corrected chi connectivity index (χ1v) is 9.86. The van der Waals surface area contributed by atoms with Crippen molar-refractivity contribution in [1.82, 2.24) is 9.97 Å². The average molecular weight is 369 g/mol. The fourth-order valence-corrected chi connectivity index (χ4v) is 4.39. The van der Waals surface area contributed by atoms with Gasteiger partial charge >= 0.3 is 0 Å². The van der Waals surface area contributed by atoms with E-state index in [9.17, 15) is 0 Å². The lowest BCUT2D eigenvalue weighted by molar-refractivity contribution is 0.405. The summed E-state index contributed by atoms with van der Waals surface area (Å²) in [5, 5.41) is 4.43. The summed E-state index contributed by atoms with van der Waals surface area (Å²) in [4.78, 5) is 9.74. The van der Waals surface area contributed by atoms with Gasteiger partial charge < -0.3 is 0 Å². The van der Waals surface area contributed by atoms with Gasteiger partial charge in [-0.1, -0.05) is 58.9 Å². The molecule has 28 heavy (non-hydrogen) atoms. The van der Waals surface area contributed by atoms with Gasteiger partial charge in [0.25, 0.3) is 0 Å². The molecule has 2 heteroatoms. The van der Waals surface area contributed by atoms with Crippen molar-refractivity contribution in [3.63, 3.8) is 0 Å². The molecule has 0 N–H and O–H groups in total. The second kappa shape index (κ2) is 5.64. The van der Waals surface area contributed by atoms with Crippen LogP contribution in [0, 0.1) is 5.41 Å². The molecule has 0 unspecified atom stereocenters. The van der Waals surface area contributed by atoms with Gasteiger partial charge in [0, 0.05) is 31.0 Å². The second-order valence-electron chi connectivity index (χ2n) is 9.36. The summed E-state index contributed by atoms with van der Waals surface area (Å²) < 4.78 is 17.6. The van der Waals surface area contributed by atoms with Gasteiger partial charge in [-0.15, -0.1) is 0 Å². The van der Waals surface area contributed by atoms with Crippen LogP contribution in [0.15, 0.2) is 54.7 Å². The summed E-state index contributed by atoms with van der Waals surface area (Å²) in [6, 6.07) is 16.8.